The molecule has 0 aliphatic carbocycles. The van der Waals surface area contributed by atoms with Crippen molar-refractivity contribution in [2.75, 3.05) is 12.8 Å². The molecule has 1 N–H and O–H groups in total. The van der Waals surface area contributed by atoms with Crippen LogP contribution in [0.3, 0.4) is 0 Å². The largest absolute Gasteiger partial charge is 0.312 e. The van der Waals surface area contributed by atoms with Gasteiger partial charge in [-0.1, -0.05) is 13.8 Å². The van der Waals surface area contributed by atoms with E-state index in [2.05, 4.69) is 37.1 Å². The fourth-order valence-corrected chi connectivity index (χ4v) is 2.38. The van der Waals surface area contributed by atoms with Crippen molar-refractivity contribution in [2.24, 2.45) is 0 Å². The van der Waals surface area contributed by atoms with Crippen LogP contribution in [0, 0.1) is 6.92 Å². The standard InChI is InChI=1S/C12H20N2S/c1-9(2)15-8-12(13-4)11-7-14-6-5-10(11)3/h5-7,9,12-13H,8H2,1-4H3. The van der Waals surface area contributed by atoms with Gasteiger partial charge in [0, 0.05) is 24.2 Å². The molecule has 0 amide bonds. The molecule has 0 saturated heterocycles. The van der Waals surface area contributed by atoms with Crippen LogP contribution >= 0.6 is 11.8 Å². The Bertz CT molecular complexity index is 299. The maximum absolute atomic E-state index is 4.19. The number of hydrogen-bond acceptors (Lipinski definition) is 3. The lowest BCUT2D eigenvalue weighted by Crippen LogP contribution is -2.20. The van der Waals surface area contributed by atoms with Crippen molar-refractivity contribution < 1.29 is 0 Å². The highest BCUT2D eigenvalue weighted by Crippen LogP contribution is 2.22. The summed E-state index contributed by atoms with van der Waals surface area (Å²) in [5.41, 5.74) is 2.63. The quantitative estimate of drug-likeness (QED) is 0.832. The molecule has 2 nitrogen and oxygen atoms in total. The van der Waals surface area contributed by atoms with E-state index < -0.39 is 0 Å². The summed E-state index contributed by atoms with van der Waals surface area (Å²) < 4.78 is 0. The first-order valence-corrected chi connectivity index (χ1v) is 6.39. The second-order valence-electron chi connectivity index (χ2n) is 3.96. The number of aryl methyl sites for hydroxylation is 1. The summed E-state index contributed by atoms with van der Waals surface area (Å²) >= 11 is 1.98. The van der Waals surface area contributed by atoms with E-state index in [9.17, 15) is 0 Å². The molecule has 1 unspecified atom stereocenters. The number of thioether (sulfide) groups is 1. The van der Waals surface area contributed by atoms with Crippen LogP contribution in [0.2, 0.25) is 0 Å². The Morgan fingerprint density at radius 2 is 2.20 bits per heavy atom. The smallest absolute Gasteiger partial charge is 0.0427 e. The Balaban J connectivity index is 2.70. The van der Waals surface area contributed by atoms with Gasteiger partial charge in [-0.05, 0) is 36.4 Å². The molecule has 0 aliphatic rings. The first kappa shape index (κ1) is 12.5. The highest BCUT2D eigenvalue weighted by molar-refractivity contribution is 7.99. The summed E-state index contributed by atoms with van der Waals surface area (Å²) in [6.45, 7) is 6.60. The molecule has 0 aromatic carbocycles. The maximum Gasteiger partial charge on any atom is 0.0427 e. The lowest BCUT2D eigenvalue weighted by atomic mass is 10.1. The average molecular weight is 224 g/mol. The first-order chi connectivity index (χ1) is 7.15. The Hall–Kier alpha value is -0.540. The van der Waals surface area contributed by atoms with Crippen LogP contribution in [0.4, 0.5) is 0 Å². The Kier molecular flexibility index (Phi) is 5.12. The van der Waals surface area contributed by atoms with E-state index in [1.165, 1.54) is 11.1 Å². The third-order valence-electron chi connectivity index (χ3n) is 2.40. The lowest BCUT2D eigenvalue weighted by Gasteiger charge is -2.18. The number of nitrogens with zero attached hydrogens (tertiary/aromatic N) is 1. The molecule has 0 radical (unpaired) electrons. The molecular weight excluding hydrogens is 204 g/mol. The third-order valence-corrected chi connectivity index (χ3v) is 3.59. The fraction of sp³-hybridized carbons (Fsp3) is 0.583. The SMILES string of the molecule is CNC(CSC(C)C)c1cnccc1C. The molecule has 0 bridgehead atoms. The van der Waals surface area contributed by atoms with Crippen LogP contribution in [0.25, 0.3) is 0 Å². The number of pyridine rings is 1. The van der Waals surface area contributed by atoms with E-state index in [0.29, 0.717) is 11.3 Å². The van der Waals surface area contributed by atoms with E-state index in [0.717, 1.165) is 5.75 Å². The van der Waals surface area contributed by atoms with Gasteiger partial charge in [0.2, 0.25) is 0 Å². The molecule has 3 heteroatoms. The van der Waals surface area contributed by atoms with Gasteiger partial charge in [-0.3, -0.25) is 4.98 Å². The zero-order valence-electron chi connectivity index (χ0n) is 9.95. The van der Waals surface area contributed by atoms with Gasteiger partial charge >= 0.3 is 0 Å². The zero-order valence-corrected chi connectivity index (χ0v) is 10.8. The van der Waals surface area contributed by atoms with E-state index in [-0.39, 0.29) is 0 Å². The second-order valence-corrected chi connectivity index (χ2v) is 5.57. The Morgan fingerprint density at radius 1 is 1.47 bits per heavy atom. The summed E-state index contributed by atoms with van der Waals surface area (Å²) in [6.07, 6.45) is 3.82. The molecule has 1 aromatic rings. The van der Waals surface area contributed by atoms with Crippen LogP contribution in [0.15, 0.2) is 18.5 Å². The summed E-state index contributed by atoms with van der Waals surface area (Å²) in [5.74, 6) is 1.10. The monoisotopic (exact) mass is 224 g/mol. The van der Waals surface area contributed by atoms with Crippen molar-refractivity contribution >= 4 is 11.8 Å². The maximum atomic E-state index is 4.19. The number of nitrogens with one attached hydrogen (secondary N) is 1. The summed E-state index contributed by atoms with van der Waals surface area (Å²) in [6, 6.07) is 2.48. The summed E-state index contributed by atoms with van der Waals surface area (Å²) in [7, 11) is 2.01. The van der Waals surface area contributed by atoms with Gasteiger partial charge in [0.15, 0.2) is 0 Å². The minimum atomic E-state index is 0.408. The minimum absolute atomic E-state index is 0.408. The van der Waals surface area contributed by atoms with Gasteiger partial charge in [0.1, 0.15) is 0 Å². The highest BCUT2D eigenvalue weighted by Gasteiger charge is 2.12. The predicted octanol–water partition coefficient (Wildman–Crippen LogP) is 2.79. The van der Waals surface area contributed by atoms with Crippen molar-refractivity contribution in [2.45, 2.75) is 32.1 Å². The van der Waals surface area contributed by atoms with Crippen LogP contribution in [0.5, 0.6) is 0 Å². The second kappa shape index (κ2) is 6.13. The zero-order chi connectivity index (χ0) is 11.3. The third kappa shape index (κ3) is 3.84. The van der Waals surface area contributed by atoms with Crippen LogP contribution in [0.1, 0.15) is 31.0 Å². The molecule has 84 valence electrons. The van der Waals surface area contributed by atoms with E-state index in [4.69, 9.17) is 0 Å². The molecule has 0 aliphatic heterocycles. The van der Waals surface area contributed by atoms with Crippen molar-refractivity contribution in [1.82, 2.24) is 10.3 Å². The van der Waals surface area contributed by atoms with Gasteiger partial charge in [-0.25, -0.2) is 0 Å². The van der Waals surface area contributed by atoms with Crippen molar-refractivity contribution in [1.29, 1.82) is 0 Å². The lowest BCUT2D eigenvalue weighted by molar-refractivity contribution is 0.654. The molecule has 0 spiro atoms. The predicted molar refractivity (Wildman–Crippen MR) is 68.4 cm³/mol. The molecule has 0 fully saturated rings. The molecule has 1 rings (SSSR count). The van der Waals surface area contributed by atoms with E-state index in [1.54, 1.807) is 0 Å². The first-order valence-electron chi connectivity index (χ1n) is 5.34. The topological polar surface area (TPSA) is 24.9 Å². The summed E-state index contributed by atoms with van der Waals surface area (Å²) in [4.78, 5) is 4.19. The van der Waals surface area contributed by atoms with Gasteiger partial charge in [0.25, 0.3) is 0 Å². The number of rotatable bonds is 5. The van der Waals surface area contributed by atoms with E-state index in [1.807, 2.05) is 31.2 Å². The molecule has 15 heavy (non-hydrogen) atoms. The van der Waals surface area contributed by atoms with Crippen molar-refractivity contribution in [3.05, 3.63) is 29.6 Å². The molecule has 1 heterocycles. The fourth-order valence-electron chi connectivity index (χ4n) is 1.46. The molecular formula is C12H20N2S. The van der Waals surface area contributed by atoms with Crippen LogP contribution in [-0.2, 0) is 0 Å². The average Bonchev–Trinajstić information content (AvgIpc) is 2.21. The van der Waals surface area contributed by atoms with Crippen molar-refractivity contribution in [3.8, 4) is 0 Å². The van der Waals surface area contributed by atoms with Gasteiger partial charge in [0.05, 0.1) is 0 Å². The van der Waals surface area contributed by atoms with Gasteiger partial charge in [-0.2, -0.15) is 11.8 Å². The number of hydrogen-bond donors (Lipinski definition) is 1. The summed E-state index contributed by atoms with van der Waals surface area (Å²) in [5, 5.41) is 4.03. The van der Waals surface area contributed by atoms with Crippen molar-refractivity contribution in [3.63, 3.8) is 0 Å². The normalized spacial score (nSPS) is 13.1. The van der Waals surface area contributed by atoms with Crippen LogP contribution < -0.4 is 5.32 Å². The Morgan fingerprint density at radius 3 is 2.73 bits per heavy atom. The molecule has 1 atom stereocenters. The van der Waals surface area contributed by atoms with Gasteiger partial charge in [-0.15, -0.1) is 0 Å². The number of aromatic nitrogens is 1. The Labute approximate surface area is 96.9 Å². The van der Waals surface area contributed by atoms with Crippen LogP contribution in [-0.4, -0.2) is 23.0 Å². The highest BCUT2D eigenvalue weighted by atomic mass is 32.2. The molecule has 1 aromatic heterocycles. The molecule has 0 saturated carbocycles. The van der Waals surface area contributed by atoms with Gasteiger partial charge < -0.3 is 5.32 Å². The van der Waals surface area contributed by atoms with E-state index >= 15 is 0 Å². The minimum Gasteiger partial charge on any atom is -0.312 e.